The molecule has 0 aliphatic rings. The number of benzene rings is 2. The van der Waals surface area contributed by atoms with Gasteiger partial charge in [0.2, 0.25) is 0 Å². The van der Waals surface area contributed by atoms with Gasteiger partial charge in [-0.1, -0.05) is 36.4 Å². The second-order valence-corrected chi connectivity index (χ2v) is 6.28. The van der Waals surface area contributed by atoms with Gasteiger partial charge >= 0.3 is 5.97 Å². The summed E-state index contributed by atoms with van der Waals surface area (Å²) in [6.45, 7) is 2.12. The quantitative estimate of drug-likeness (QED) is 0.538. The maximum atomic E-state index is 12.2. The Bertz CT molecular complexity index is 1070. The molecule has 25 heavy (non-hydrogen) atoms. The lowest BCUT2D eigenvalue weighted by molar-refractivity contribution is 0.0529. The van der Waals surface area contributed by atoms with Crippen LogP contribution >= 0.6 is 11.3 Å². The number of thiophene rings is 1. The Morgan fingerprint density at radius 2 is 2.00 bits per heavy atom. The summed E-state index contributed by atoms with van der Waals surface area (Å²) in [5, 5.41) is 8.04. The molecular weight excluding hydrogens is 334 g/mol. The fraction of sp³-hybridized carbons (Fsp3) is 0.105. The van der Waals surface area contributed by atoms with E-state index in [-0.39, 0.29) is 5.97 Å². The molecule has 0 bridgehead atoms. The Balaban J connectivity index is 1.84. The summed E-state index contributed by atoms with van der Waals surface area (Å²) >= 11 is 1.40. The van der Waals surface area contributed by atoms with Crippen molar-refractivity contribution in [2.24, 2.45) is 0 Å². The molecule has 0 amide bonds. The first-order valence-electron chi connectivity index (χ1n) is 7.92. The van der Waals surface area contributed by atoms with E-state index in [2.05, 4.69) is 33.5 Å². The molecule has 0 atom stereocenters. The lowest BCUT2D eigenvalue weighted by Gasteiger charge is -2.10. The van der Waals surface area contributed by atoms with Crippen LogP contribution in [0.25, 0.3) is 21.0 Å². The number of hydrogen-bond donors (Lipinski definition) is 1. The van der Waals surface area contributed by atoms with Gasteiger partial charge in [-0.2, -0.15) is 0 Å². The van der Waals surface area contributed by atoms with Crippen LogP contribution in [0.4, 0.5) is 11.5 Å². The number of anilines is 2. The second-order valence-electron chi connectivity index (χ2n) is 5.42. The third-order valence-corrected chi connectivity index (χ3v) is 4.79. The van der Waals surface area contributed by atoms with Gasteiger partial charge in [0.05, 0.1) is 17.6 Å². The van der Waals surface area contributed by atoms with Crippen LogP contribution in [-0.4, -0.2) is 22.5 Å². The Kier molecular flexibility index (Phi) is 4.03. The van der Waals surface area contributed by atoms with Gasteiger partial charge in [-0.05, 0) is 18.4 Å². The molecule has 6 heteroatoms. The molecule has 0 fully saturated rings. The van der Waals surface area contributed by atoms with E-state index in [4.69, 9.17) is 4.74 Å². The molecule has 5 nitrogen and oxygen atoms in total. The highest BCUT2D eigenvalue weighted by atomic mass is 32.1. The molecular formula is C19H15N3O2S. The first kappa shape index (κ1) is 15.5. The van der Waals surface area contributed by atoms with Crippen molar-refractivity contribution in [3.05, 3.63) is 59.7 Å². The number of ether oxygens (including phenoxy) is 1. The molecule has 124 valence electrons. The minimum Gasteiger partial charge on any atom is -0.462 e. The monoisotopic (exact) mass is 349 g/mol. The molecule has 2 heterocycles. The summed E-state index contributed by atoms with van der Waals surface area (Å²) in [7, 11) is 0. The highest BCUT2D eigenvalue weighted by Crippen LogP contribution is 2.33. The maximum Gasteiger partial charge on any atom is 0.339 e. The van der Waals surface area contributed by atoms with E-state index in [0.29, 0.717) is 23.4 Å². The van der Waals surface area contributed by atoms with E-state index in [9.17, 15) is 4.79 Å². The zero-order chi connectivity index (χ0) is 17.2. The van der Waals surface area contributed by atoms with Crippen molar-refractivity contribution in [3.63, 3.8) is 0 Å². The number of aromatic nitrogens is 2. The van der Waals surface area contributed by atoms with Crippen LogP contribution in [0.5, 0.6) is 0 Å². The Hall–Kier alpha value is -2.99. The first-order chi connectivity index (χ1) is 12.3. The van der Waals surface area contributed by atoms with Crippen molar-refractivity contribution in [3.8, 4) is 0 Å². The average molecular weight is 349 g/mol. The molecule has 0 aliphatic carbocycles. The number of esters is 1. The summed E-state index contributed by atoms with van der Waals surface area (Å²) in [4.78, 5) is 21.6. The molecule has 4 rings (SSSR count). The summed E-state index contributed by atoms with van der Waals surface area (Å²) in [5.74, 6) is 0.246. The molecule has 0 saturated heterocycles. The van der Waals surface area contributed by atoms with Crippen LogP contribution in [0.15, 0.2) is 54.2 Å². The summed E-state index contributed by atoms with van der Waals surface area (Å²) in [6.07, 6.45) is 1.50. The fourth-order valence-corrected chi connectivity index (χ4v) is 3.67. The van der Waals surface area contributed by atoms with Crippen LogP contribution < -0.4 is 5.32 Å². The molecule has 4 aromatic rings. The van der Waals surface area contributed by atoms with Gasteiger partial charge in [-0.3, -0.25) is 0 Å². The highest BCUT2D eigenvalue weighted by molar-refractivity contribution is 7.17. The number of fused-ring (bicyclic) bond motifs is 2. The summed E-state index contributed by atoms with van der Waals surface area (Å²) in [6, 6.07) is 14.2. The van der Waals surface area contributed by atoms with Crippen molar-refractivity contribution in [1.29, 1.82) is 0 Å². The minimum absolute atomic E-state index is 0.329. The van der Waals surface area contributed by atoms with Crippen LogP contribution in [0.3, 0.4) is 0 Å². The SMILES string of the molecule is CCOC(=O)c1csc2ncnc(Nc3cccc4ccccc34)c12. The van der Waals surface area contributed by atoms with Crippen LogP contribution in [-0.2, 0) is 4.74 Å². The third kappa shape index (κ3) is 2.81. The zero-order valence-electron chi connectivity index (χ0n) is 13.5. The normalized spacial score (nSPS) is 10.9. The van der Waals surface area contributed by atoms with Gasteiger partial charge in [-0.15, -0.1) is 11.3 Å². The number of nitrogens with zero attached hydrogens (tertiary/aromatic N) is 2. The lowest BCUT2D eigenvalue weighted by Crippen LogP contribution is -2.05. The van der Waals surface area contributed by atoms with E-state index in [1.807, 2.05) is 24.3 Å². The Morgan fingerprint density at radius 3 is 2.88 bits per heavy atom. The van der Waals surface area contributed by atoms with Gasteiger partial charge in [0.1, 0.15) is 17.0 Å². The molecule has 1 N–H and O–H groups in total. The van der Waals surface area contributed by atoms with E-state index in [1.165, 1.54) is 17.7 Å². The van der Waals surface area contributed by atoms with Crippen molar-refractivity contribution < 1.29 is 9.53 Å². The zero-order valence-corrected chi connectivity index (χ0v) is 14.3. The predicted octanol–water partition coefficient (Wildman–Crippen LogP) is 4.76. The van der Waals surface area contributed by atoms with Crippen LogP contribution in [0, 0.1) is 0 Å². The molecule has 0 aliphatic heterocycles. The smallest absolute Gasteiger partial charge is 0.339 e. The first-order valence-corrected chi connectivity index (χ1v) is 8.80. The Labute approximate surface area is 148 Å². The molecule has 2 aromatic carbocycles. The summed E-state index contributed by atoms with van der Waals surface area (Å²) in [5.41, 5.74) is 1.42. The van der Waals surface area contributed by atoms with Gasteiger partial charge in [-0.25, -0.2) is 14.8 Å². The van der Waals surface area contributed by atoms with Crippen LogP contribution in [0.1, 0.15) is 17.3 Å². The molecule has 2 aromatic heterocycles. The molecule has 0 unspecified atom stereocenters. The second kappa shape index (κ2) is 6.49. The highest BCUT2D eigenvalue weighted by Gasteiger charge is 2.18. The number of hydrogen-bond acceptors (Lipinski definition) is 6. The number of carbonyl (C=O) groups excluding carboxylic acids is 1. The number of rotatable bonds is 4. The standard InChI is InChI=1S/C19H15N3O2S/c1-2-24-19(23)14-10-25-18-16(14)17(20-11-21-18)22-15-9-5-7-12-6-3-4-8-13(12)15/h3-11H,2H2,1H3,(H,20,21,22). The third-order valence-electron chi connectivity index (χ3n) is 3.91. The fourth-order valence-electron chi connectivity index (χ4n) is 2.79. The van der Waals surface area contributed by atoms with E-state index in [0.717, 1.165) is 21.3 Å². The van der Waals surface area contributed by atoms with Gasteiger partial charge < -0.3 is 10.1 Å². The maximum absolute atomic E-state index is 12.2. The van der Waals surface area contributed by atoms with Gasteiger partial charge in [0.25, 0.3) is 0 Å². The van der Waals surface area contributed by atoms with Crippen molar-refractivity contribution in [1.82, 2.24) is 9.97 Å². The number of carbonyl (C=O) groups is 1. The Morgan fingerprint density at radius 1 is 1.16 bits per heavy atom. The predicted molar refractivity (Wildman–Crippen MR) is 101 cm³/mol. The largest absolute Gasteiger partial charge is 0.462 e. The van der Waals surface area contributed by atoms with Crippen molar-refractivity contribution in [2.75, 3.05) is 11.9 Å². The minimum atomic E-state index is -0.357. The van der Waals surface area contributed by atoms with E-state index >= 15 is 0 Å². The molecule has 0 radical (unpaired) electrons. The van der Waals surface area contributed by atoms with Crippen molar-refractivity contribution in [2.45, 2.75) is 6.92 Å². The topological polar surface area (TPSA) is 64.1 Å². The van der Waals surface area contributed by atoms with Crippen LogP contribution in [0.2, 0.25) is 0 Å². The summed E-state index contributed by atoms with van der Waals surface area (Å²) < 4.78 is 5.15. The number of nitrogens with one attached hydrogen (secondary N) is 1. The van der Waals surface area contributed by atoms with E-state index < -0.39 is 0 Å². The lowest BCUT2D eigenvalue weighted by atomic mass is 10.1. The molecule has 0 spiro atoms. The average Bonchev–Trinajstić information content (AvgIpc) is 3.08. The van der Waals surface area contributed by atoms with Gasteiger partial charge in [0.15, 0.2) is 0 Å². The van der Waals surface area contributed by atoms with Gasteiger partial charge in [0, 0.05) is 16.5 Å². The van der Waals surface area contributed by atoms with Crippen molar-refractivity contribution >= 4 is 49.8 Å². The van der Waals surface area contributed by atoms with E-state index in [1.54, 1.807) is 12.3 Å². The molecule has 0 saturated carbocycles.